The highest BCUT2D eigenvalue weighted by Gasteiger charge is 2.15. The van der Waals surface area contributed by atoms with Gasteiger partial charge in [-0.3, -0.25) is 4.98 Å². The number of aliphatic hydroxyl groups is 1. The van der Waals surface area contributed by atoms with E-state index in [0.29, 0.717) is 25.3 Å². The molecule has 0 unspecified atom stereocenters. The van der Waals surface area contributed by atoms with Gasteiger partial charge in [-0.25, -0.2) is 4.98 Å². The Kier molecular flexibility index (Phi) is 5.24. The molecule has 2 rings (SSSR count). The second-order valence-electron chi connectivity index (χ2n) is 4.78. The van der Waals surface area contributed by atoms with Crippen LogP contribution in [0.4, 0.5) is 5.82 Å². The van der Waals surface area contributed by atoms with Crippen molar-refractivity contribution < 1.29 is 5.11 Å². The third-order valence-electron chi connectivity index (χ3n) is 3.16. The molecule has 2 aromatic rings. The van der Waals surface area contributed by atoms with Crippen LogP contribution in [-0.4, -0.2) is 21.6 Å². The third kappa shape index (κ3) is 4.01. The molecule has 2 heterocycles. The van der Waals surface area contributed by atoms with Crippen molar-refractivity contribution in [3.8, 4) is 6.07 Å². The van der Waals surface area contributed by atoms with Gasteiger partial charge in [-0.1, -0.05) is 12.1 Å². The molecule has 0 aliphatic rings. The molecule has 0 aliphatic carbocycles. The maximum absolute atomic E-state index is 9.90. The number of hydrogen-bond donors (Lipinski definition) is 1. The highest BCUT2D eigenvalue weighted by Crippen LogP contribution is 2.25. The van der Waals surface area contributed by atoms with Gasteiger partial charge in [0, 0.05) is 37.2 Å². The molecule has 0 amide bonds. The lowest BCUT2D eigenvalue weighted by Gasteiger charge is -2.25. The minimum atomic E-state index is -0.604. The number of hydrogen-bond acceptors (Lipinski definition) is 5. The summed E-state index contributed by atoms with van der Waals surface area (Å²) in [5.41, 5.74) is 1.80. The Balaban J connectivity index is 2.30. The standard InChI is InChI=1S/C16H18N4O/c1-13(21)15-6-3-9-19-16(15)20(10-4-7-17)12-14-5-2-8-18-11-14/h2-3,5-6,8-9,11,13,21H,4,10,12H2,1H3/t13-/m1/s1. The van der Waals surface area contributed by atoms with E-state index in [1.165, 1.54) is 0 Å². The monoisotopic (exact) mass is 282 g/mol. The summed E-state index contributed by atoms with van der Waals surface area (Å²) < 4.78 is 0. The molecule has 2 aromatic heterocycles. The molecule has 0 aliphatic heterocycles. The highest BCUT2D eigenvalue weighted by molar-refractivity contribution is 5.48. The van der Waals surface area contributed by atoms with Crippen LogP contribution in [0.1, 0.15) is 30.6 Å². The maximum Gasteiger partial charge on any atom is 0.134 e. The van der Waals surface area contributed by atoms with Crippen LogP contribution in [0.2, 0.25) is 0 Å². The molecule has 0 bridgehead atoms. The average molecular weight is 282 g/mol. The third-order valence-corrected chi connectivity index (χ3v) is 3.16. The lowest BCUT2D eigenvalue weighted by atomic mass is 10.1. The van der Waals surface area contributed by atoms with Gasteiger partial charge < -0.3 is 10.0 Å². The van der Waals surface area contributed by atoms with Gasteiger partial charge in [0.05, 0.1) is 18.6 Å². The van der Waals surface area contributed by atoms with Gasteiger partial charge in [0.1, 0.15) is 5.82 Å². The Bertz CT molecular complexity index is 607. The summed E-state index contributed by atoms with van der Waals surface area (Å²) >= 11 is 0. The predicted molar refractivity (Wildman–Crippen MR) is 80.4 cm³/mol. The van der Waals surface area contributed by atoms with E-state index in [4.69, 9.17) is 5.26 Å². The molecule has 1 N–H and O–H groups in total. The Morgan fingerprint density at radius 3 is 2.81 bits per heavy atom. The Hall–Kier alpha value is -2.45. The van der Waals surface area contributed by atoms with Crippen molar-refractivity contribution >= 4 is 5.82 Å². The van der Waals surface area contributed by atoms with E-state index >= 15 is 0 Å². The van der Waals surface area contributed by atoms with Gasteiger partial charge in [0.2, 0.25) is 0 Å². The molecule has 0 saturated heterocycles. The summed E-state index contributed by atoms with van der Waals surface area (Å²) in [5, 5.41) is 18.7. The van der Waals surface area contributed by atoms with Crippen molar-refractivity contribution in [3.05, 3.63) is 54.0 Å². The SMILES string of the molecule is C[C@@H](O)c1cccnc1N(CCC#N)Cc1cccnc1. The molecule has 0 spiro atoms. The number of rotatable bonds is 6. The largest absolute Gasteiger partial charge is 0.389 e. The summed E-state index contributed by atoms with van der Waals surface area (Å²) in [6, 6.07) is 9.68. The summed E-state index contributed by atoms with van der Waals surface area (Å²) in [6.07, 6.45) is 5.02. The zero-order valence-electron chi connectivity index (χ0n) is 12.0. The zero-order chi connectivity index (χ0) is 15.1. The molecular weight excluding hydrogens is 264 g/mol. The van der Waals surface area contributed by atoms with Gasteiger partial charge in [0.25, 0.3) is 0 Å². The lowest BCUT2D eigenvalue weighted by molar-refractivity contribution is 0.199. The van der Waals surface area contributed by atoms with E-state index < -0.39 is 6.10 Å². The van der Waals surface area contributed by atoms with E-state index in [9.17, 15) is 5.11 Å². The highest BCUT2D eigenvalue weighted by atomic mass is 16.3. The van der Waals surface area contributed by atoms with Gasteiger partial charge >= 0.3 is 0 Å². The van der Waals surface area contributed by atoms with Gasteiger partial charge in [-0.2, -0.15) is 5.26 Å². The molecule has 5 nitrogen and oxygen atoms in total. The fourth-order valence-corrected chi connectivity index (χ4v) is 2.16. The first-order valence-electron chi connectivity index (χ1n) is 6.86. The molecule has 0 aromatic carbocycles. The molecular formula is C16H18N4O. The van der Waals surface area contributed by atoms with E-state index in [2.05, 4.69) is 16.0 Å². The fourth-order valence-electron chi connectivity index (χ4n) is 2.16. The molecule has 0 radical (unpaired) electrons. The van der Waals surface area contributed by atoms with Crippen LogP contribution in [0.5, 0.6) is 0 Å². The summed E-state index contributed by atoms with van der Waals surface area (Å²) in [4.78, 5) is 10.5. The van der Waals surface area contributed by atoms with Crippen LogP contribution in [-0.2, 0) is 6.54 Å². The second kappa shape index (κ2) is 7.36. The summed E-state index contributed by atoms with van der Waals surface area (Å²) in [6.45, 7) is 2.88. The molecule has 1 atom stereocenters. The van der Waals surface area contributed by atoms with Gasteiger partial charge in [-0.05, 0) is 24.6 Å². The first-order chi connectivity index (χ1) is 10.2. The predicted octanol–water partition coefficient (Wildman–Crippen LogP) is 2.45. The molecule has 0 saturated carbocycles. The number of aromatic nitrogens is 2. The summed E-state index contributed by atoms with van der Waals surface area (Å²) in [7, 11) is 0. The van der Waals surface area contributed by atoms with E-state index in [-0.39, 0.29) is 0 Å². The van der Waals surface area contributed by atoms with Crippen LogP contribution in [0.3, 0.4) is 0 Å². The smallest absolute Gasteiger partial charge is 0.134 e. The van der Waals surface area contributed by atoms with Crippen molar-refractivity contribution in [2.24, 2.45) is 0 Å². The quantitative estimate of drug-likeness (QED) is 0.881. The van der Waals surface area contributed by atoms with Crippen LogP contribution in [0, 0.1) is 11.3 Å². The minimum absolute atomic E-state index is 0.399. The maximum atomic E-state index is 9.90. The van der Waals surface area contributed by atoms with Crippen molar-refractivity contribution in [2.45, 2.75) is 26.0 Å². The number of aliphatic hydroxyl groups excluding tert-OH is 1. The minimum Gasteiger partial charge on any atom is -0.389 e. The lowest BCUT2D eigenvalue weighted by Crippen LogP contribution is -2.26. The van der Waals surface area contributed by atoms with Gasteiger partial charge in [0.15, 0.2) is 0 Å². The summed E-state index contributed by atoms with van der Waals surface area (Å²) in [5.74, 6) is 0.714. The molecule has 21 heavy (non-hydrogen) atoms. The van der Waals surface area contributed by atoms with Gasteiger partial charge in [-0.15, -0.1) is 0 Å². The zero-order valence-corrected chi connectivity index (χ0v) is 12.0. The first kappa shape index (κ1) is 14.9. The Morgan fingerprint density at radius 1 is 1.33 bits per heavy atom. The molecule has 0 fully saturated rings. The van der Waals surface area contributed by atoms with Crippen LogP contribution >= 0.6 is 0 Å². The van der Waals surface area contributed by atoms with Crippen LogP contribution < -0.4 is 4.90 Å². The van der Waals surface area contributed by atoms with Crippen molar-refractivity contribution in [3.63, 3.8) is 0 Å². The second-order valence-corrected chi connectivity index (χ2v) is 4.78. The topological polar surface area (TPSA) is 73.0 Å². The van der Waals surface area contributed by atoms with Crippen LogP contribution in [0.15, 0.2) is 42.9 Å². The molecule has 5 heteroatoms. The van der Waals surface area contributed by atoms with Crippen LogP contribution in [0.25, 0.3) is 0 Å². The van der Waals surface area contributed by atoms with Crippen molar-refractivity contribution in [1.29, 1.82) is 5.26 Å². The molecule has 108 valence electrons. The van der Waals surface area contributed by atoms with Crippen molar-refractivity contribution in [1.82, 2.24) is 9.97 Å². The Labute approximate surface area is 124 Å². The number of pyridine rings is 2. The Morgan fingerprint density at radius 2 is 2.14 bits per heavy atom. The first-order valence-corrected chi connectivity index (χ1v) is 6.86. The fraction of sp³-hybridized carbons (Fsp3) is 0.312. The number of nitrogens with zero attached hydrogens (tertiary/aromatic N) is 4. The average Bonchev–Trinajstić information content (AvgIpc) is 2.52. The number of anilines is 1. The van der Waals surface area contributed by atoms with E-state index in [1.54, 1.807) is 31.6 Å². The van der Waals surface area contributed by atoms with Crippen molar-refractivity contribution in [2.75, 3.05) is 11.4 Å². The number of nitriles is 1. The normalized spacial score (nSPS) is 11.7. The van der Waals surface area contributed by atoms with E-state index in [1.807, 2.05) is 23.1 Å². The van der Waals surface area contributed by atoms with E-state index in [0.717, 1.165) is 11.1 Å².